The molecule has 0 aliphatic heterocycles. The van der Waals surface area contributed by atoms with Crippen molar-refractivity contribution in [2.45, 2.75) is 39.3 Å². The van der Waals surface area contributed by atoms with Crippen molar-refractivity contribution in [2.75, 3.05) is 18.5 Å². The maximum Gasteiger partial charge on any atom is 0.275 e. The molecule has 2 heterocycles. The van der Waals surface area contributed by atoms with Crippen molar-refractivity contribution in [1.82, 2.24) is 14.5 Å². The van der Waals surface area contributed by atoms with Gasteiger partial charge in [-0.25, -0.2) is 4.98 Å². The summed E-state index contributed by atoms with van der Waals surface area (Å²) in [6.45, 7) is 4.82. The quantitative estimate of drug-likeness (QED) is 0.458. The Balaban J connectivity index is 1.63. The summed E-state index contributed by atoms with van der Waals surface area (Å²) in [4.78, 5) is 19.8. The van der Waals surface area contributed by atoms with Gasteiger partial charge in [-0.05, 0) is 43.9 Å². The Hall–Kier alpha value is -2.02. The third kappa shape index (κ3) is 5.28. The number of hydrogen-bond acceptors (Lipinski definition) is 4. The average Bonchev–Trinajstić information content (AvgIpc) is 3.09. The molecule has 0 saturated heterocycles. The Morgan fingerprint density at radius 2 is 2.04 bits per heavy atom. The van der Waals surface area contributed by atoms with E-state index in [1.165, 1.54) is 0 Å². The summed E-state index contributed by atoms with van der Waals surface area (Å²) in [5.41, 5.74) is 2.09. The van der Waals surface area contributed by atoms with Gasteiger partial charge in [0.25, 0.3) is 5.56 Å². The van der Waals surface area contributed by atoms with E-state index in [0.29, 0.717) is 33.4 Å². The molecule has 0 saturated carbocycles. The van der Waals surface area contributed by atoms with Crippen LogP contribution in [0.15, 0.2) is 35.4 Å². The third-order valence-corrected chi connectivity index (χ3v) is 5.21. The Labute approximate surface area is 173 Å². The molecule has 0 unspecified atom stereocenters. The zero-order valence-corrected chi connectivity index (χ0v) is 17.3. The second kappa shape index (κ2) is 9.96. The Bertz CT molecular complexity index is 984. The van der Waals surface area contributed by atoms with Crippen LogP contribution in [0.2, 0.25) is 10.0 Å². The van der Waals surface area contributed by atoms with Gasteiger partial charge in [0.05, 0.1) is 21.9 Å². The van der Waals surface area contributed by atoms with Crippen LogP contribution in [0.25, 0.3) is 11.0 Å². The number of aryl methyl sites for hydroxylation is 1. The lowest BCUT2D eigenvalue weighted by atomic mass is 10.2. The standard InChI is InChI=1S/C20H24Cl2N4O2/c1-2-28-9-5-3-4-8-26-13-24-17-11-18(25-20(27)19(17)26)23-12-14-6-7-15(21)16(22)10-14/h6-7,10-11,13H,2-5,8-9,12H2,1H3,(H2,23,25,27). The summed E-state index contributed by atoms with van der Waals surface area (Å²) in [6.07, 6.45) is 4.79. The monoisotopic (exact) mass is 422 g/mol. The van der Waals surface area contributed by atoms with Crippen LogP contribution in [0, 0.1) is 0 Å². The van der Waals surface area contributed by atoms with E-state index in [-0.39, 0.29) is 5.56 Å². The van der Waals surface area contributed by atoms with Crippen molar-refractivity contribution in [3.63, 3.8) is 0 Å². The summed E-state index contributed by atoms with van der Waals surface area (Å²) in [7, 11) is 0. The lowest BCUT2D eigenvalue weighted by Crippen LogP contribution is -2.14. The molecule has 2 aromatic heterocycles. The number of ether oxygens (including phenoxy) is 1. The number of fused-ring (bicyclic) bond motifs is 1. The molecule has 0 aliphatic rings. The maximum absolute atomic E-state index is 12.6. The van der Waals surface area contributed by atoms with Gasteiger partial charge in [-0.3, -0.25) is 4.79 Å². The third-order valence-electron chi connectivity index (χ3n) is 4.47. The molecule has 0 radical (unpaired) electrons. The number of nitrogens with zero attached hydrogens (tertiary/aromatic N) is 2. The molecule has 0 amide bonds. The van der Waals surface area contributed by atoms with Crippen LogP contribution in [0.3, 0.4) is 0 Å². The fourth-order valence-electron chi connectivity index (χ4n) is 3.02. The van der Waals surface area contributed by atoms with Crippen molar-refractivity contribution in [3.05, 3.63) is 56.6 Å². The van der Waals surface area contributed by atoms with Gasteiger partial charge >= 0.3 is 0 Å². The van der Waals surface area contributed by atoms with E-state index in [2.05, 4.69) is 15.3 Å². The average molecular weight is 423 g/mol. The number of halogens is 2. The van der Waals surface area contributed by atoms with E-state index < -0.39 is 0 Å². The van der Waals surface area contributed by atoms with E-state index in [4.69, 9.17) is 27.9 Å². The van der Waals surface area contributed by atoms with Crippen molar-refractivity contribution in [2.24, 2.45) is 0 Å². The summed E-state index contributed by atoms with van der Waals surface area (Å²) in [6, 6.07) is 7.29. The predicted octanol–water partition coefficient (Wildman–Crippen LogP) is 4.85. The molecular formula is C20H24Cl2N4O2. The molecule has 8 heteroatoms. The molecule has 0 atom stereocenters. The number of aromatic amines is 1. The SMILES string of the molecule is CCOCCCCCn1cnc2cc(NCc3ccc(Cl)c(Cl)c3)[nH]c(=O)c21. The molecule has 3 aromatic rings. The summed E-state index contributed by atoms with van der Waals surface area (Å²) in [5, 5.41) is 4.22. The summed E-state index contributed by atoms with van der Waals surface area (Å²) >= 11 is 12.0. The molecule has 0 fully saturated rings. The van der Waals surface area contributed by atoms with Gasteiger partial charge in [-0.15, -0.1) is 0 Å². The minimum atomic E-state index is -0.152. The van der Waals surface area contributed by atoms with Gasteiger partial charge in [-0.1, -0.05) is 29.3 Å². The minimum Gasteiger partial charge on any atom is -0.382 e. The number of H-pyrrole nitrogens is 1. The van der Waals surface area contributed by atoms with Gasteiger partial charge in [0.15, 0.2) is 0 Å². The number of anilines is 1. The second-order valence-corrected chi connectivity index (χ2v) is 7.36. The van der Waals surface area contributed by atoms with Gasteiger partial charge < -0.3 is 19.6 Å². The number of benzene rings is 1. The van der Waals surface area contributed by atoms with E-state index in [9.17, 15) is 4.79 Å². The molecule has 0 bridgehead atoms. The van der Waals surface area contributed by atoms with Crippen LogP contribution in [0.1, 0.15) is 31.7 Å². The van der Waals surface area contributed by atoms with Gasteiger partial charge in [0.2, 0.25) is 0 Å². The first-order chi connectivity index (χ1) is 13.6. The van der Waals surface area contributed by atoms with E-state index >= 15 is 0 Å². The van der Waals surface area contributed by atoms with E-state index in [1.807, 2.05) is 23.6 Å². The highest BCUT2D eigenvalue weighted by Crippen LogP contribution is 2.23. The molecule has 0 spiro atoms. The van der Waals surface area contributed by atoms with Crippen LogP contribution < -0.4 is 10.9 Å². The van der Waals surface area contributed by atoms with E-state index in [1.54, 1.807) is 18.5 Å². The van der Waals surface area contributed by atoms with E-state index in [0.717, 1.165) is 44.6 Å². The number of hydrogen-bond donors (Lipinski definition) is 2. The van der Waals surface area contributed by atoms with Gasteiger partial charge in [-0.2, -0.15) is 0 Å². The number of nitrogens with one attached hydrogen (secondary N) is 2. The highest BCUT2D eigenvalue weighted by molar-refractivity contribution is 6.42. The smallest absolute Gasteiger partial charge is 0.275 e. The molecule has 1 aromatic carbocycles. The van der Waals surface area contributed by atoms with Crippen molar-refractivity contribution >= 4 is 40.1 Å². The lowest BCUT2D eigenvalue weighted by molar-refractivity contribution is 0.143. The van der Waals surface area contributed by atoms with Crippen LogP contribution in [0.5, 0.6) is 0 Å². The number of rotatable bonds is 10. The zero-order chi connectivity index (χ0) is 19.9. The molecule has 6 nitrogen and oxygen atoms in total. The van der Waals surface area contributed by atoms with Gasteiger partial charge in [0, 0.05) is 32.4 Å². The maximum atomic E-state index is 12.6. The molecular weight excluding hydrogens is 399 g/mol. The normalized spacial score (nSPS) is 11.2. The molecule has 28 heavy (non-hydrogen) atoms. The summed E-state index contributed by atoms with van der Waals surface area (Å²) in [5.74, 6) is 0.616. The lowest BCUT2D eigenvalue weighted by Gasteiger charge is -2.08. The number of imidazole rings is 1. The van der Waals surface area contributed by atoms with Gasteiger partial charge in [0.1, 0.15) is 11.3 Å². The zero-order valence-electron chi connectivity index (χ0n) is 15.8. The van der Waals surface area contributed by atoms with Crippen molar-refractivity contribution < 1.29 is 4.74 Å². The minimum absolute atomic E-state index is 0.152. The van der Waals surface area contributed by atoms with Crippen molar-refractivity contribution in [1.29, 1.82) is 0 Å². The molecule has 3 rings (SSSR count). The summed E-state index contributed by atoms with van der Waals surface area (Å²) < 4.78 is 7.26. The molecule has 2 N–H and O–H groups in total. The van der Waals surface area contributed by atoms with Crippen LogP contribution in [0.4, 0.5) is 5.82 Å². The first-order valence-corrected chi connectivity index (χ1v) is 10.2. The fraction of sp³-hybridized carbons (Fsp3) is 0.400. The largest absolute Gasteiger partial charge is 0.382 e. The Morgan fingerprint density at radius 3 is 2.82 bits per heavy atom. The second-order valence-electron chi connectivity index (χ2n) is 6.54. The Kier molecular flexibility index (Phi) is 7.36. The number of pyridine rings is 1. The van der Waals surface area contributed by atoms with Crippen LogP contribution in [-0.2, 0) is 17.8 Å². The molecule has 150 valence electrons. The number of unbranched alkanes of at least 4 members (excludes halogenated alkanes) is 2. The Morgan fingerprint density at radius 1 is 1.18 bits per heavy atom. The topological polar surface area (TPSA) is 71.9 Å². The first kappa shape index (κ1) is 20.7. The number of aromatic nitrogens is 3. The predicted molar refractivity (Wildman–Crippen MR) is 114 cm³/mol. The highest BCUT2D eigenvalue weighted by atomic mass is 35.5. The van der Waals surface area contributed by atoms with Crippen LogP contribution in [-0.4, -0.2) is 27.7 Å². The first-order valence-electron chi connectivity index (χ1n) is 9.42. The highest BCUT2D eigenvalue weighted by Gasteiger charge is 2.09. The van der Waals surface area contributed by atoms with Crippen molar-refractivity contribution in [3.8, 4) is 0 Å². The van der Waals surface area contributed by atoms with Crippen LogP contribution >= 0.6 is 23.2 Å². The molecule has 0 aliphatic carbocycles. The fourth-order valence-corrected chi connectivity index (χ4v) is 3.34.